The lowest BCUT2D eigenvalue weighted by Gasteiger charge is -2.11. The Bertz CT molecular complexity index is 528. The minimum Gasteiger partial charge on any atom is -0.272 e. The molecule has 3 heteroatoms. The first kappa shape index (κ1) is 11.6. The molecule has 88 valence electrons. The fraction of sp³-hybridized carbons (Fsp3) is 0.286. The van der Waals surface area contributed by atoms with Crippen LogP contribution in [-0.4, -0.2) is 15.7 Å². The van der Waals surface area contributed by atoms with Crippen LogP contribution in [0, 0.1) is 13.8 Å². The van der Waals surface area contributed by atoms with Gasteiger partial charge >= 0.3 is 0 Å². The maximum atomic E-state index is 12.3. The number of nitrogens with zero attached hydrogens (tertiary/aromatic N) is 2. The number of benzene rings is 1. The highest BCUT2D eigenvalue weighted by Crippen LogP contribution is 2.17. The number of aryl methyl sites for hydroxylation is 2. The Morgan fingerprint density at radius 2 is 1.88 bits per heavy atom. The molecule has 0 saturated carbocycles. The third-order valence-electron chi connectivity index (χ3n) is 2.89. The summed E-state index contributed by atoms with van der Waals surface area (Å²) in [5.41, 5.74) is 2.77. The molecule has 0 aliphatic rings. The first-order valence-corrected chi connectivity index (χ1v) is 5.72. The summed E-state index contributed by atoms with van der Waals surface area (Å²) in [6, 6.07) is 11.7. The monoisotopic (exact) mass is 228 g/mol. The zero-order valence-corrected chi connectivity index (χ0v) is 10.3. The van der Waals surface area contributed by atoms with Gasteiger partial charge in [0, 0.05) is 5.69 Å². The molecule has 17 heavy (non-hydrogen) atoms. The Labute approximate surface area is 101 Å². The van der Waals surface area contributed by atoms with Gasteiger partial charge in [-0.3, -0.25) is 4.79 Å². The largest absolute Gasteiger partial charge is 0.272 e. The van der Waals surface area contributed by atoms with Crippen LogP contribution in [0.4, 0.5) is 0 Å². The molecule has 2 rings (SSSR count). The zero-order valence-electron chi connectivity index (χ0n) is 10.3. The summed E-state index contributed by atoms with van der Waals surface area (Å²) in [5.74, 6) is -0.156. The quantitative estimate of drug-likeness (QED) is 0.792. The van der Waals surface area contributed by atoms with Crippen LogP contribution in [-0.2, 0) is 0 Å². The first-order valence-electron chi connectivity index (χ1n) is 5.72. The van der Waals surface area contributed by atoms with E-state index in [-0.39, 0.29) is 11.8 Å². The summed E-state index contributed by atoms with van der Waals surface area (Å²) >= 11 is 0. The Morgan fingerprint density at radius 3 is 2.41 bits per heavy atom. The lowest BCUT2D eigenvalue weighted by atomic mass is 10.0. The summed E-state index contributed by atoms with van der Waals surface area (Å²) in [5, 5.41) is 4.22. The Hall–Kier alpha value is -1.90. The predicted molar refractivity (Wildman–Crippen MR) is 67.2 cm³/mol. The van der Waals surface area contributed by atoms with Crippen molar-refractivity contribution in [2.45, 2.75) is 26.7 Å². The van der Waals surface area contributed by atoms with E-state index < -0.39 is 0 Å². The number of carbonyl (C=O) groups excluding carboxylic acids is 1. The molecule has 0 aliphatic carbocycles. The Balaban J connectivity index is 2.30. The van der Waals surface area contributed by atoms with Gasteiger partial charge in [0.05, 0.1) is 11.6 Å². The molecular formula is C14H16N2O. The highest BCUT2D eigenvalue weighted by Gasteiger charge is 2.19. The molecule has 0 aliphatic heterocycles. The van der Waals surface area contributed by atoms with Crippen molar-refractivity contribution in [1.29, 1.82) is 0 Å². The fourth-order valence-corrected chi connectivity index (χ4v) is 1.92. The molecule has 1 aromatic heterocycles. The lowest BCUT2D eigenvalue weighted by Crippen LogP contribution is -2.20. The van der Waals surface area contributed by atoms with Crippen molar-refractivity contribution < 1.29 is 4.79 Å². The number of aromatic nitrogens is 2. The van der Waals surface area contributed by atoms with Gasteiger partial charge in [-0.2, -0.15) is 5.10 Å². The summed E-state index contributed by atoms with van der Waals surface area (Å²) in [4.78, 5) is 12.3. The minimum atomic E-state index is -0.172. The topological polar surface area (TPSA) is 34.9 Å². The van der Waals surface area contributed by atoms with Gasteiger partial charge in [0.1, 0.15) is 0 Å². The van der Waals surface area contributed by atoms with Crippen LogP contribution in [0.25, 0.3) is 0 Å². The van der Waals surface area contributed by atoms with E-state index >= 15 is 0 Å². The molecule has 0 amide bonds. The van der Waals surface area contributed by atoms with Gasteiger partial charge in [0.15, 0.2) is 0 Å². The van der Waals surface area contributed by atoms with Crippen molar-refractivity contribution in [1.82, 2.24) is 9.78 Å². The van der Waals surface area contributed by atoms with Crippen molar-refractivity contribution in [3.05, 3.63) is 53.3 Å². The van der Waals surface area contributed by atoms with Crippen LogP contribution in [0.15, 0.2) is 36.4 Å². The highest BCUT2D eigenvalue weighted by molar-refractivity contribution is 5.85. The molecule has 0 radical (unpaired) electrons. The average Bonchev–Trinajstić information content (AvgIpc) is 2.68. The first-order chi connectivity index (χ1) is 8.09. The summed E-state index contributed by atoms with van der Waals surface area (Å²) in [6.07, 6.45) is 0. The molecule has 0 saturated heterocycles. The van der Waals surface area contributed by atoms with E-state index in [0.717, 1.165) is 17.0 Å². The van der Waals surface area contributed by atoms with Gasteiger partial charge in [-0.25, -0.2) is 4.68 Å². The molecule has 1 atom stereocenters. The van der Waals surface area contributed by atoms with Gasteiger partial charge in [-0.05, 0) is 32.4 Å². The van der Waals surface area contributed by atoms with Crippen LogP contribution in [0.3, 0.4) is 0 Å². The van der Waals surface area contributed by atoms with E-state index in [1.165, 1.54) is 4.68 Å². The SMILES string of the molecule is Cc1cc(C)n(C(=O)C(C)c2ccccc2)n1. The van der Waals surface area contributed by atoms with Crippen LogP contribution in [0.5, 0.6) is 0 Å². The third kappa shape index (κ3) is 2.28. The zero-order chi connectivity index (χ0) is 12.4. The maximum absolute atomic E-state index is 12.3. The molecular weight excluding hydrogens is 212 g/mol. The molecule has 1 unspecified atom stereocenters. The molecule has 2 aromatic rings. The smallest absolute Gasteiger partial charge is 0.254 e. The van der Waals surface area contributed by atoms with Gasteiger partial charge in [0.25, 0.3) is 5.91 Å². The fourth-order valence-electron chi connectivity index (χ4n) is 1.92. The van der Waals surface area contributed by atoms with Crippen LogP contribution >= 0.6 is 0 Å². The van der Waals surface area contributed by atoms with E-state index in [1.807, 2.05) is 57.2 Å². The number of rotatable bonds is 2. The Morgan fingerprint density at radius 1 is 1.24 bits per heavy atom. The van der Waals surface area contributed by atoms with E-state index in [0.29, 0.717) is 0 Å². The van der Waals surface area contributed by atoms with Gasteiger partial charge in [-0.15, -0.1) is 0 Å². The Kier molecular flexibility index (Phi) is 3.09. The molecule has 0 N–H and O–H groups in total. The number of hydrogen-bond donors (Lipinski definition) is 0. The number of carbonyl (C=O) groups is 1. The molecule has 1 heterocycles. The lowest BCUT2D eigenvalue weighted by molar-refractivity contribution is 0.0865. The molecule has 1 aromatic carbocycles. The highest BCUT2D eigenvalue weighted by atomic mass is 16.2. The summed E-state index contributed by atoms with van der Waals surface area (Å²) in [6.45, 7) is 5.70. The normalized spacial score (nSPS) is 12.4. The van der Waals surface area contributed by atoms with E-state index in [4.69, 9.17) is 0 Å². The van der Waals surface area contributed by atoms with E-state index in [9.17, 15) is 4.79 Å². The maximum Gasteiger partial charge on any atom is 0.254 e. The average molecular weight is 228 g/mol. The van der Waals surface area contributed by atoms with Crippen LogP contribution in [0.1, 0.15) is 34.6 Å². The van der Waals surface area contributed by atoms with Crippen LogP contribution < -0.4 is 0 Å². The standard InChI is InChI=1S/C14H16N2O/c1-10-9-11(2)16(15-10)14(17)12(3)13-7-5-4-6-8-13/h4-9,12H,1-3H3. The van der Waals surface area contributed by atoms with Crippen molar-refractivity contribution in [3.63, 3.8) is 0 Å². The predicted octanol–water partition coefficient (Wildman–Crippen LogP) is 2.94. The second-order valence-electron chi connectivity index (χ2n) is 4.31. The van der Waals surface area contributed by atoms with Gasteiger partial charge in [0.2, 0.25) is 0 Å². The third-order valence-corrected chi connectivity index (χ3v) is 2.89. The van der Waals surface area contributed by atoms with Crippen LogP contribution in [0.2, 0.25) is 0 Å². The molecule has 0 fully saturated rings. The van der Waals surface area contributed by atoms with Crippen molar-refractivity contribution in [2.24, 2.45) is 0 Å². The second kappa shape index (κ2) is 4.53. The number of hydrogen-bond acceptors (Lipinski definition) is 2. The molecule has 0 bridgehead atoms. The van der Waals surface area contributed by atoms with Crippen molar-refractivity contribution >= 4 is 5.91 Å². The minimum absolute atomic E-state index is 0.0156. The molecule has 3 nitrogen and oxygen atoms in total. The van der Waals surface area contributed by atoms with Crippen molar-refractivity contribution in [3.8, 4) is 0 Å². The summed E-state index contributed by atoms with van der Waals surface area (Å²) in [7, 11) is 0. The van der Waals surface area contributed by atoms with Crippen molar-refractivity contribution in [2.75, 3.05) is 0 Å². The molecule has 0 spiro atoms. The van der Waals surface area contributed by atoms with E-state index in [1.54, 1.807) is 0 Å². The van der Waals surface area contributed by atoms with E-state index in [2.05, 4.69) is 5.10 Å². The van der Waals surface area contributed by atoms with Gasteiger partial charge < -0.3 is 0 Å². The second-order valence-corrected chi connectivity index (χ2v) is 4.31. The van der Waals surface area contributed by atoms with Gasteiger partial charge in [-0.1, -0.05) is 30.3 Å². The summed E-state index contributed by atoms with van der Waals surface area (Å²) < 4.78 is 1.49.